The minimum Gasteiger partial charge on any atom is -0.508 e. The summed E-state index contributed by atoms with van der Waals surface area (Å²) in [4.78, 5) is 36.4. The Hall–Kier alpha value is -2.61. The van der Waals surface area contributed by atoms with E-state index in [1.54, 1.807) is 26.0 Å². The normalized spacial score (nSPS) is 14.3. The number of rotatable bonds is 10. The van der Waals surface area contributed by atoms with E-state index in [1.165, 1.54) is 12.1 Å². The first-order chi connectivity index (χ1) is 12.6. The summed E-state index contributed by atoms with van der Waals surface area (Å²) >= 11 is 0. The van der Waals surface area contributed by atoms with Gasteiger partial charge in [-0.05, 0) is 36.5 Å². The van der Waals surface area contributed by atoms with Crippen LogP contribution in [0, 0.1) is 5.92 Å². The standard InChI is InChI=1S/C19H30N4O4/c1-4-5-15(17(21)25)22-19(27)16(11(2)3)23-18(26)14(20)10-12-6-8-13(24)9-7-12/h6-9,11,14-16,24H,4-5,10,20H2,1-3H3,(H2,21,25)(H,22,27)(H,23,26)/t14-,15+,16-/m1/s1. The van der Waals surface area contributed by atoms with Gasteiger partial charge in [0.05, 0.1) is 6.04 Å². The summed E-state index contributed by atoms with van der Waals surface area (Å²) in [6.07, 6.45) is 1.38. The van der Waals surface area contributed by atoms with Gasteiger partial charge >= 0.3 is 0 Å². The van der Waals surface area contributed by atoms with E-state index < -0.39 is 35.8 Å². The summed E-state index contributed by atoms with van der Waals surface area (Å²) in [5.74, 6) is -1.62. The molecule has 0 spiro atoms. The number of phenolic OH excluding ortho intramolecular Hbond substituents is 1. The first-order valence-electron chi connectivity index (χ1n) is 9.09. The van der Waals surface area contributed by atoms with Crippen LogP contribution in [-0.4, -0.2) is 41.0 Å². The van der Waals surface area contributed by atoms with Crippen molar-refractivity contribution in [3.63, 3.8) is 0 Å². The predicted molar refractivity (Wildman–Crippen MR) is 103 cm³/mol. The van der Waals surface area contributed by atoms with Crippen molar-refractivity contribution in [2.45, 2.75) is 58.2 Å². The SMILES string of the molecule is CCC[C@H](NC(=O)[C@H](NC(=O)[C@H](N)Cc1ccc(O)cc1)C(C)C)C(N)=O. The Morgan fingerprint density at radius 2 is 1.67 bits per heavy atom. The molecule has 0 unspecified atom stereocenters. The highest BCUT2D eigenvalue weighted by Gasteiger charge is 2.29. The average molecular weight is 378 g/mol. The van der Waals surface area contributed by atoms with Crippen LogP contribution < -0.4 is 22.1 Å². The second-order valence-corrected chi connectivity index (χ2v) is 6.96. The molecule has 0 heterocycles. The van der Waals surface area contributed by atoms with Crippen molar-refractivity contribution in [2.75, 3.05) is 0 Å². The smallest absolute Gasteiger partial charge is 0.243 e. The van der Waals surface area contributed by atoms with Gasteiger partial charge in [-0.25, -0.2) is 0 Å². The van der Waals surface area contributed by atoms with Crippen LogP contribution in [0.1, 0.15) is 39.2 Å². The van der Waals surface area contributed by atoms with E-state index in [-0.39, 0.29) is 18.1 Å². The van der Waals surface area contributed by atoms with Crippen molar-refractivity contribution < 1.29 is 19.5 Å². The second kappa shape index (κ2) is 10.5. The quantitative estimate of drug-likeness (QED) is 0.394. The van der Waals surface area contributed by atoms with Crippen molar-refractivity contribution in [1.29, 1.82) is 0 Å². The van der Waals surface area contributed by atoms with E-state index in [4.69, 9.17) is 11.5 Å². The van der Waals surface area contributed by atoms with Gasteiger partial charge in [-0.15, -0.1) is 0 Å². The number of nitrogens with one attached hydrogen (secondary N) is 2. The Balaban J connectivity index is 2.73. The first-order valence-corrected chi connectivity index (χ1v) is 9.09. The summed E-state index contributed by atoms with van der Waals surface area (Å²) in [7, 11) is 0. The fraction of sp³-hybridized carbons (Fsp3) is 0.526. The minimum atomic E-state index is -0.855. The molecule has 0 bridgehead atoms. The van der Waals surface area contributed by atoms with Gasteiger partial charge in [0, 0.05) is 0 Å². The molecule has 0 fully saturated rings. The largest absolute Gasteiger partial charge is 0.508 e. The first kappa shape index (κ1) is 22.4. The van der Waals surface area contributed by atoms with Crippen LogP contribution in [0.2, 0.25) is 0 Å². The predicted octanol–water partition coefficient (Wildman–Crippen LogP) is 0.173. The number of aromatic hydroxyl groups is 1. The maximum absolute atomic E-state index is 12.5. The number of carbonyl (C=O) groups is 3. The number of hydrogen-bond donors (Lipinski definition) is 5. The van der Waals surface area contributed by atoms with Gasteiger partial charge in [0.1, 0.15) is 17.8 Å². The number of benzene rings is 1. The van der Waals surface area contributed by atoms with Crippen LogP contribution in [0.3, 0.4) is 0 Å². The van der Waals surface area contributed by atoms with E-state index in [9.17, 15) is 19.5 Å². The lowest BCUT2D eigenvalue weighted by Gasteiger charge is -2.25. The fourth-order valence-corrected chi connectivity index (χ4v) is 2.61. The minimum absolute atomic E-state index is 0.129. The van der Waals surface area contributed by atoms with Gasteiger partial charge in [-0.1, -0.05) is 39.3 Å². The van der Waals surface area contributed by atoms with Crippen LogP contribution in [0.5, 0.6) is 5.75 Å². The molecule has 7 N–H and O–H groups in total. The molecule has 0 aliphatic carbocycles. The molecule has 3 amide bonds. The third kappa shape index (κ3) is 7.26. The third-order valence-electron chi connectivity index (χ3n) is 4.21. The highest BCUT2D eigenvalue weighted by atomic mass is 16.3. The molecule has 0 saturated carbocycles. The van der Waals surface area contributed by atoms with E-state index in [2.05, 4.69) is 10.6 Å². The number of nitrogens with two attached hydrogens (primary N) is 2. The van der Waals surface area contributed by atoms with Crippen molar-refractivity contribution in [2.24, 2.45) is 17.4 Å². The molecule has 1 rings (SSSR count). The Labute approximate surface area is 159 Å². The highest BCUT2D eigenvalue weighted by Crippen LogP contribution is 2.11. The third-order valence-corrected chi connectivity index (χ3v) is 4.21. The molecular weight excluding hydrogens is 348 g/mol. The van der Waals surface area contributed by atoms with Gasteiger partial charge in [0.25, 0.3) is 0 Å². The van der Waals surface area contributed by atoms with Gasteiger partial charge in [0.2, 0.25) is 17.7 Å². The molecule has 0 saturated heterocycles. The molecule has 1 aromatic carbocycles. The lowest BCUT2D eigenvalue weighted by molar-refractivity contribution is -0.132. The van der Waals surface area contributed by atoms with Crippen molar-refractivity contribution >= 4 is 17.7 Å². The zero-order valence-electron chi connectivity index (χ0n) is 16.1. The molecule has 8 nitrogen and oxygen atoms in total. The summed E-state index contributed by atoms with van der Waals surface area (Å²) in [5.41, 5.74) is 12.1. The number of amides is 3. The topological polar surface area (TPSA) is 148 Å². The maximum atomic E-state index is 12.5. The summed E-state index contributed by atoms with van der Waals surface area (Å²) in [6.45, 7) is 5.45. The van der Waals surface area contributed by atoms with Crippen LogP contribution >= 0.6 is 0 Å². The average Bonchev–Trinajstić information content (AvgIpc) is 2.60. The van der Waals surface area contributed by atoms with Gasteiger partial charge in [-0.2, -0.15) is 0 Å². The zero-order chi connectivity index (χ0) is 20.6. The van der Waals surface area contributed by atoms with Crippen LogP contribution in [0.4, 0.5) is 0 Å². The summed E-state index contributed by atoms with van der Waals surface area (Å²) in [6, 6.07) is 3.93. The lowest BCUT2D eigenvalue weighted by Crippen LogP contribution is -2.57. The van der Waals surface area contributed by atoms with Gasteiger partial charge in [-0.3, -0.25) is 14.4 Å². The number of primary amides is 1. The number of hydrogen-bond acceptors (Lipinski definition) is 5. The molecule has 1 aromatic rings. The lowest BCUT2D eigenvalue weighted by atomic mass is 10.0. The Morgan fingerprint density at radius 3 is 2.15 bits per heavy atom. The van der Waals surface area contributed by atoms with Gasteiger partial charge in [0.15, 0.2) is 0 Å². The van der Waals surface area contributed by atoms with Crippen LogP contribution in [0.25, 0.3) is 0 Å². The molecule has 27 heavy (non-hydrogen) atoms. The highest BCUT2D eigenvalue weighted by molar-refractivity contribution is 5.92. The van der Waals surface area contributed by atoms with Crippen LogP contribution in [0.15, 0.2) is 24.3 Å². The molecule has 150 valence electrons. The van der Waals surface area contributed by atoms with E-state index >= 15 is 0 Å². The Bertz CT molecular complexity index is 646. The Kier molecular flexibility index (Phi) is 8.74. The summed E-state index contributed by atoms with van der Waals surface area (Å²) in [5, 5.41) is 14.6. The van der Waals surface area contributed by atoms with E-state index in [1.807, 2.05) is 6.92 Å². The summed E-state index contributed by atoms with van der Waals surface area (Å²) < 4.78 is 0. The van der Waals surface area contributed by atoms with E-state index in [0.29, 0.717) is 12.8 Å². The van der Waals surface area contributed by atoms with Crippen molar-refractivity contribution in [3.8, 4) is 5.75 Å². The molecule has 3 atom stereocenters. The van der Waals surface area contributed by atoms with Crippen molar-refractivity contribution in [1.82, 2.24) is 10.6 Å². The monoisotopic (exact) mass is 378 g/mol. The molecule has 0 aliphatic heterocycles. The number of phenols is 1. The van der Waals surface area contributed by atoms with E-state index in [0.717, 1.165) is 5.56 Å². The van der Waals surface area contributed by atoms with Crippen LogP contribution in [-0.2, 0) is 20.8 Å². The molecule has 0 radical (unpaired) electrons. The van der Waals surface area contributed by atoms with Crippen molar-refractivity contribution in [3.05, 3.63) is 29.8 Å². The Morgan fingerprint density at radius 1 is 1.07 bits per heavy atom. The molecular formula is C19H30N4O4. The fourth-order valence-electron chi connectivity index (χ4n) is 2.61. The molecule has 8 heteroatoms. The maximum Gasteiger partial charge on any atom is 0.243 e. The molecule has 0 aliphatic rings. The zero-order valence-corrected chi connectivity index (χ0v) is 16.1. The second-order valence-electron chi connectivity index (χ2n) is 6.96. The van der Waals surface area contributed by atoms with Gasteiger partial charge < -0.3 is 27.2 Å². The number of carbonyl (C=O) groups excluding carboxylic acids is 3. The molecule has 0 aromatic heterocycles.